The average Bonchev–Trinajstić information content (AvgIpc) is 2.93. The van der Waals surface area contributed by atoms with E-state index < -0.39 is 0 Å². The number of oxime groups is 2. The Labute approximate surface area is 140 Å². The van der Waals surface area contributed by atoms with Gasteiger partial charge in [0.1, 0.15) is 0 Å². The molecule has 0 aliphatic heterocycles. The number of hydrogen-bond donors (Lipinski definition) is 2. The SMILES string of the molecule is CCCn1c2ccc(/C(C)=N\O)cc2c2cc(/C(C)=N/O)ccc21. The predicted molar refractivity (Wildman–Crippen MR) is 97.7 cm³/mol. The quantitative estimate of drug-likeness (QED) is 0.418. The molecule has 0 saturated heterocycles. The lowest BCUT2D eigenvalue weighted by atomic mass is 10.0. The molecule has 0 bridgehead atoms. The van der Waals surface area contributed by atoms with Gasteiger partial charge >= 0.3 is 0 Å². The lowest BCUT2D eigenvalue weighted by Crippen LogP contribution is -1.98. The predicted octanol–water partition coefficient (Wildman–Crippen LogP) is 4.60. The van der Waals surface area contributed by atoms with E-state index in [0.29, 0.717) is 11.4 Å². The Balaban J connectivity index is 2.38. The highest BCUT2D eigenvalue weighted by atomic mass is 16.4. The van der Waals surface area contributed by atoms with Gasteiger partial charge in [-0.25, -0.2) is 0 Å². The van der Waals surface area contributed by atoms with Crippen LogP contribution in [0, 0.1) is 0 Å². The maximum absolute atomic E-state index is 9.05. The molecule has 1 aromatic heterocycles. The zero-order valence-corrected chi connectivity index (χ0v) is 14.1. The number of aromatic nitrogens is 1. The molecule has 0 atom stereocenters. The van der Waals surface area contributed by atoms with Crippen molar-refractivity contribution in [1.29, 1.82) is 0 Å². The first-order valence-corrected chi connectivity index (χ1v) is 8.04. The molecule has 0 unspecified atom stereocenters. The van der Waals surface area contributed by atoms with Crippen LogP contribution in [0.15, 0.2) is 46.7 Å². The van der Waals surface area contributed by atoms with Gasteiger partial charge < -0.3 is 15.0 Å². The van der Waals surface area contributed by atoms with Gasteiger partial charge in [-0.05, 0) is 55.7 Å². The second kappa shape index (κ2) is 6.35. The van der Waals surface area contributed by atoms with Gasteiger partial charge in [0, 0.05) is 28.4 Å². The molecule has 5 nitrogen and oxygen atoms in total. The van der Waals surface area contributed by atoms with Crippen molar-refractivity contribution in [3.8, 4) is 0 Å². The Bertz CT molecular complexity index is 892. The summed E-state index contributed by atoms with van der Waals surface area (Å²) in [6.45, 7) is 6.64. The van der Waals surface area contributed by atoms with Crippen molar-refractivity contribution in [2.45, 2.75) is 33.7 Å². The second-order valence-electron chi connectivity index (χ2n) is 5.99. The zero-order valence-electron chi connectivity index (χ0n) is 14.1. The first-order chi connectivity index (χ1) is 11.6. The third-order valence-corrected chi connectivity index (χ3v) is 4.45. The van der Waals surface area contributed by atoms with Gasteiger partial charge in [0.2, 0.25) is 0 Å². The van der Waals surface area contributed by atoms with Crippen molar-refractivity contribution in [1.82, 2.24) is 4.57 Å². The molecule has 2 N–H and O–H groups in total. The van der Waals surface area contributed by atoms with E-state index in [0.717, 1.165) is 45.9 Å². The number of rotatable bonds is 4. The monoisotopic (exact) mass is 323 g/mol. The van der Waals surface area contributed by atoms with Gasteiger partial charge in [0.05, 0.1) is 11.4 Å². The summed E-state index contributed by atoms with van der Waals surface area (Å²) < 4.78 is 2.30. The van der Waals surface area contributed by atoms with Crippen LogP contribution in [0.25, 0.3) is 21.8 Å². The first kappa shape index (κ1) is 16.1. The number of aryl methyl sites for hydroxylation is 1. The molecule has 24 heavy (non-hydrogen) atoms. The highest BCUT2D eigenvalue weighted by molar-refractivity contribution is 6.13. The third-order valence-electron chi connectivity index (χ3n) is 4.45. The largest absolute Gasteiger partial charge is 0.411 e. The van der Waals surface area contributed by atoms with E-state index in [-0.39, 0.29) is 0 Å². The van der Waals surface area contributed by atoms with Crippen molar-refractivity contribution < 1.29 is 10.4 Å². The summed E-state index contributed by atoms with van der Waals surface area (Å²) in [7, 11) is 0. The van der Waals surface area contributed by atoms with Crippen LogP contribution in [0.1, 0.15) is 38.3 Å². The lowest BCUT2D eigenvalue weighted by molar-refractivity contribution is 0.319. The molecule has 124 valence electrons. The molecular weight excluding hydrogens is 302 g/mol. The van der Waals surface area contributed by atoms with Crippen molar-refractivity contribution in [2.75, 3.05) is 0 Å². The number of hydrogen-bond acceptors (Lipinski definition) is 4. The molecule has 2 aromatic carbocycles. The molecule has 0 saturated carbocycles. The van der Waals surface area contributed by atoms with Crippen LogP contribution in [0.3, 0.4) is 0 Å². The summed E-state index contributed by atoms with van der Waals surface area (Å²) in [4.78, 5) is 0. The Morgan fingerprint density at radius 2 is 1.33 bits per heavy atom. The van der Waals surface area contributed by atoms with Crippen molar-refractivity contribution in [3.63, 3.8) is 0 Å². The molecule has 3 rings (SSSR count). The molecule has 0 amide bonds. The van der Waals surface area contributed by atoms with Crippen molar-refractivity contribution in [2.24, 2.45) is 10.3 Å². The first-order valence-electron chi connectivity index (χ1n) is 8.04. The smallest absolute Gasteiger partial charge is 0.0837 e. The molecular formula is C19H21N3O2. The van der Waals surface area contributed by atoms with Gasteiger partial charge in [0.15, 0.2) is 0 Å². The molecule has 0 aliphatic carbocycles. The van der Waals surface area contributed by atoms with Gasteiger partial charge in [-0.15, -0.1) is 0 Å². The fourth-order valence-corrected chi connectivity index (χ4v) is 3.13. The molecule has 0 aliphatic rings. The third kappa shape index (κ3) is 2.52. The Kier molecular flexibility index (Phi) is 4.25. The normalized spacial score (nSPS) is 13.1. The molecule has 0 fully saturated rings. The molecule has 0 radical (unpaired) electrons. The van der Waals surface area contributed by atoms with E-state index in [9.17, 15) is 0 Å². The fraction of sp³-hybridized carbons (Fsp3) is 0.263. The maximum atomic E-state index is 9.05. The minimum absolute atomic E-state index is 0.581. The number of nitrogens with zero attached hydrogens (tertiary/aromatic N) is 3. The summed E-state index contributed by atoms with van der Waals surface area (Å²) in [6, 6.07) is 12.2. The van der Waals surface area contributed by atoms with Crippen LogP contribution < -0.4 is 0 Å². The van der Waals surface area contributed by atoms with E-state index in [2.05, 4.69) is 33.9 Å². The van der Waals surface area contributed by atoms with Crippen molar-refractivity contribution >= 4 is 33.2 Å². The van der Waals surface area contributed by atoms with Crippen molar-refractivity contribution in [3.05, 3.63) is 47.5 Å². The van der Waals surface area contributed by atoms with E-state index in [1.165, 1.54) is 0 Å². The number of benzene rings is 2. The van der Waals surface area contributed by atoms with E-state index in [4.69, 9.17) is 10.4 Å². The topological polar surface area (TPSA) is 70.1 Å². The van der Waals surface area contributed by atoms with E-state index in [1.807, 2.05) is 24.3 Å². The van der Waals surface area contributed by atoms with Gasteiger partial charge in [-0.3, -0.25) is 0 Å². The van der Waals surface area contributed by atoms with Gasteiger partial charge in [0.25, 0.3) is 0 Å². The highest BCUT2D eigenvalue weighted by Crippen LogP contribution is 2.31. The highest BCUT2D eigenvalue weighted by Gasteiger charge is 2.13. The van der Waals surface area contributed by atoms with Crippen LogP contribution >= 0.6 is 0 Å². The van der Waals surface area contributed by atoms with Crippen LogP contribution in [-0.2, 0) is 6.54 Å². The van der Waals surface area contributed by atoms with Crippen LogP contribution in [0.5, 0.6) is 0 Å². The van der Waals surface area contributed by atoms with E-state index in [1.54, 1.807) is 13.8 Å². The second-order valence-corrected chi connectivity index (χ2v) is 5.99. The molecule has 1 heterocycles. The Morgan fingerprint density at radius 3 is 1.71 bits per heavy atom. The molecule has 3 aromatic rings. The lowest BCUT2D eigenvalue weighted by Gasteiger charge is -2.06. The molecule has 5 heteroatoms. The van der Waals surface area contributed by atoms with Crippen LogP contribution in [-0.4, -0.2) is 26.4 Å². The average molecular weight is 323 g/mol. The fourth-order valence-electron chi connectivity index (χ4n) is 3.13. The Hall–Kier alpha value is -2.82. The molecule has 0 spiro atoms. The minimum atomic E-state index is 0.581. The minimum Gasteiger partial charge on any atom is -0.411 e. The zero-order chi connectivity index (χ0) is 17.3. The number of fused-ring (bicyclic) bond motifs is 3. The van der Waals surface area contributed by atoms with Gasteiger partial charge in [-0.1, -0.05) is 29.4 Å². The standard InChI is InChI=1S/C19H21N3O2/c1-4-9-22-18-7-5-14(12(2)20-23)10-16(18)17-11-15(13(3)21-24)6-8-19(17)22/h5-8,10-11,23-24H,4,9H2,1-3H3/b20-12-,21-13+. The maximum Gasteiger partial charge on any atom is 0.0837 e. The van der Waals surface area contributed by atoms with Gasteiger partial charge in [-0.2, -0.15) is 0 Å². The summed E-state index contributed by atoms with van der Waals surface area (Å²) >= 11 is 0. The van der Waals surface area contributed by atoms with E-state index >= 15 is 0 Å². The summed E-state index contributed by atoms with van der Waals surface area (Å²) in [5.41, 5.74) is 5.24. The van der Waals surface area contributed by atoms with Crippen LogP contribution in [0.4, 0.5) is 0 Å². The summed E-state index contributed by atoms with van der Waals surface area (Å²) in [5.74, 6) is 0. The summed E-state index contributed by atoms with van der Waals surface area (Å²) in [6.07, 6.45) is 1.04. The summed E-state index contributed by atoms with van der Waals surface area (Å²) in [5, 5.41) is 26.9. The van der Waals surface area contributed by atoms with Crippen LogP contribution in [0.2, 0.25) is 0 Å². The Morgan fingerprint density at radius 1 is 0.875 bits per heavy atom.